The molecule has 1 aromatic heterocycles. The fraction of sp³-hybridized carbons (Fsp3) is 0.400. The van der Waals surface area contributed by atoms with E-state index in [4.69, 9.17) is 0 Å². The second-order valence-electron chi connectivity index (χ2n) is 5.10. The van der Waals surface area contributed by atoms with Crippen LogP contribution < -0.4 is 10.6 Å². The second kappa shape index (κ2) is 6.45. The van der Waals surface area contributed by atoms with Gasteiger partial charge >= 0.3 is 0 Å². The van der Waals surface area contributed by atoms with Gasteiger partial charge in [-0.05, 0) is 5.56 Å². The lowest BCUT2D eigenvalue weighted by molar-refractivity contribution is 0.146. The maximum Gasteiger partial charge on any atom is 0.107 e. The molecule has 1 fully saturated rings. The summed E-state index contributed by atoms with van der Waals surface area (Å²) in [6.45, 7) is 3.19. The van der Waals surface area contributed by atoms with Gasteiger partial charge in [-0.25, -0.2) is 4.98 Å². The van der Waals surface area contributed by atoms with E-state index in [1.165, 1.54) is 10.4 Å². The van der Waals surface area contributed by atoms with Gasteiger partial charge in [0.15, 0.2) is 0 Å². The number of benzene rings is 1. The van der Waals surface area contributed by atoms with Crippen LogP contribution in [0, 0.1) is 5.92 Å². The van der Waals surface area contributed by atoms with Crippen molar-refractivity contribution in [3.63, 3.8) is 0 Å². The van der Waals surface area contributed by atoms with Crippen molar-refractivity contribution in [3.8, 4) is 10.4 Å². The summed E-state index contributed by atoms with van der Waals surface area (Å²) in [4.78, 5) is 5.65. The van der Waals surface area contributed by atoms with Crippen molar-refractivity contribution in [2.24, 2.45) is 5.92 Å². The minimum atomic E-state index is -0.223. The fourth-order valence-electron chi connectivity index (χ4n) is 2.42. The Morgan fingerprint density at radius 1 is 1.30 bits per heavy atom. The Hall–Kier alpha value is -1.27. The van der Waals surface area contributed by atoms with E-state index < -0.39 is 0 Å². The molecule has 3 rings (SSSR count). The SMILES string of the molecule is OC1CNCC1CNCc1ncc(-c2ccccc2)s1. The van der Waals surface area contributed by atoms with Crippen LogP contribution in [-0.4, -0.2) is 35.8 Å². The van der Waals surface area contributed by atoms with Crippen molar-refractivity contribution in [3.05, 3.63) is 41.5 Å². The van der Waals surface area contributed by atoms with Crippen molar-refractivity contribution in [1.82, 2.24) is 15.6 Å². The zero-order chi connectivity index (χ0) is 13.8. The van der Waals surface area contributed by atoms with Crippen LogP contribution in [0.5, 0.6) is 0 Å². The molecule has 0 saturated carbocycles. The van der Waals surface area contributed by atoms with Crippen LogP contribution in [-0.2, 0) is 6.54 Å². The van der Waals surface area contributed by atoms with Crippen LogP contribution in [0.1, 0.15) is 5.01 Å². The molecular weight excluding hydrogens is 270 g/mol. The van der Waals surface area contributed by atoms with Crippen LogP contribution in [0.15, 0.2) is 36.5 Å². The first-order valence-electron chi connectivity index (χ1n) is 6.92. The Balaban J connectivity index is 1.53. The molecule has 0 spiro atoms. The average Bonchev–Trinajstić information content (AvgIpc) is 3.10. The molecule has 2 atom stereocenters. The molecule has 3 N–H and O–H groups in total. The Kier molecular flexibility index (Phi) is 4.42. The molecule has 0 amide bonds. The predicted octanol–water partition coefficient (Wildman–Crippen LogP) is 1.48. The molecule has 0 aliphatic carbocycles. The van der Waals surface area contributed by atoms with E-state index in [0.717, 1.165) is 24.6 Å². The lowest BCUT2D eigenvalue weighted by Gasteiger charge is -2.13. The van der Waals surface area contributed by atoms with E-state index in [2.05, 4.69) is 27.8 Å². The zero-order valence-corrected chi connectivity index (χ0v) is 12.1. The first kappa shape index (κ1) is 13.7. The molecule has 2 heterocycles. The largest absolute Gasteiger partial charge is 0.391 e. The molecule has 106 valence electrons. The molecule has 1 saturated heterocycles. The summed E-state index contributed by atoms with van der Waals surface area (Å²) in [6, 6.07) is 10.3. The molecule has 2 aromatic rings. The number of nitrogens with zero attached hydrogens (tertiary/aromatic N) is 1. The normalized spacial score (nSPS) is 22.2. The van der Waals surface area contributed by atoms with Crippen LogP contribution in [0.2, 0.25) is 0 Å². The fourth-order valence-corrected chi connectivity index (χ4v) is 3.31. The standard InChI is InChI=1S/C15H19N3OS/c19-13-8-16-6-12(13)7-17-10-15-18-9-14(20-15)11-4-2-1-3-5-11/h1-5,9,12-13,16-17,19H,6-8,10H2. The molecule has 1 aromatic carbocycles. The Bertz CT molecular complexity index is 543. The summed E-state index contributed by atoms with van der Waals surface area (Å²) in [5.74, 6) is 0.309. The van der Waals surface area contributed by atoms with Crippen molar-refractivity contribution in [2.75, 3.05) is 19.6 Å². The zero-order valence-electron chi connectivity index (χ0n) is 11.2. The van der Waals surface area contributed by atoms with E-state index in [0.29, 0.717) is 12.5 Å². The molecule has 0 radical (unpaired) electrons. The first-order chi connectivity index (χ1) is 9.83. The number of β-amino-alcohol motifs (C(OH)–C–C–N with tert-alkyl or cyclic N) is 1. The number of aromatic nitrogens is 1. The number of aliphatic hydroxyl groups excluding tert-OH is 1. The second-order valence-corrected chi connectivity index (χ2v) is 6.22. The third-order valence-electron chi connectivity index (χ3n) is 3.60. The Morgan fingerprint density at radius 3 is 2.90 bits per heavy atom. The van der Waals surface area contributed by atoms with Gasteiger partial charge in [0, 0.05) is 38.3 Å². The number of nitrogens with one attached hydrogen (secondary N) is 2. The Morgan fingerprint density at radius 2 is 2.15 bits per heavy atom. The number of thiazole rings is 1. The molecule has 5 heteroatoms. The van der Waals surface area contributed by atoms with Gasteiger partial charge in [0.25, 0.3) is 0 Å². The van der Waals surface area contributed by atoms with Gasteiger partial charge in [0.2, 0.25) is 0 Å². The number of rotatable bonds is 5. The van der Waals surface area contributed by atoms with Crippen LogP contribution in [0.3, 0.4) is 0 Å². The minimum absolute atomic E-state index is 0.223. The van der Waals surface area contributed by atoms with Crippen molar-refractivity contribution < 1.29 is 5.11 Å². The molecular formula is C15H19N3OS. The van der Waals surface area contributed by atoms with Crippen molar-refractivity contribution in [2.45, 2.75) is 12.6 Å². The van der Waals surface area contributed by atoms with Gasteiger partial charge in [0.1, 0.15) is 5.01 Å². The monoisotopic (exact) mass is 289 g/mol. The summed E-state index contributed by atoms with van der Waals surface area (Å²) >= 11 is 1.72. The van der Waals surface area contributed by atoms with E-state index in [9.17, 15) is 5.11 Å². The van der Waals surface area contributed by atoms with Crippen molar-refractivity contribution >= 4 is 11.3 Å². The van der Waals surface area contributed by atoms with Gasteiger partial charge in [-0.15, -0.1) is 11.3 Å². The topological polar surface area (TPSA) is 57.2 Å². The average molecular weight is 289 g/mol. The van der Waals surface area contributed by atoms with Crippen LogP contribution in [0.4, 0.5) is 0 Å². The predicted molar refractivity (Wildman–Crippen MR) is 81.6 cm³/mol. The van der Waals surface area contributed by atoms with Crippen LogP contribution >= 0.6 is 11.3 Å². The highest BCUT2D eigenvalue weighted by molar-refractivity contribution is 7.15. The van der Waals surface area contributed by atoms with Gasteiger partial charge in [-0.3, -0.25) is 0 Å². The maximum atomic E-state index is 9.72. The smallest absolute Gasteiger partial charge is 0.107 e. The highest BCUT2D eigenvalue weighted by Crippen LogP contribution is 2.25. The third kappa shape index (κ3) is 3.24. The molecule has 20 heavy (non-hydrogen) atoms. The molecule has 1 aliphatic rings. The van der Waals surface area contributed by atoms with E-state index in [1.54, 1.807) is 11.3 Å². The molecule has 1 aliphatic heterocycles. The number of aliphatic hydroxyl groups is 1. The Labute approximate surface area is 122 Å². The lowest BCUT2D eigenvalue weighted by atomic mass is 10.1. The molecule has 4 nitrogen and oxygen atoms in total. The number of hydrogen-bond acceptors (Lipinski definition) is 5. The molecule has 2 unspecified atom stereocenters. The van der Waals surface area contributed by atoms with Gasteiger partial charge in [-0.2, -0.15) is 0 Å². The quantitative estimate of drug-likeness (QED) is 0.780. The van der Waals surface area contributed by atoms with E-state index in [1.807, 2.05) is 24.4 Å². The maximum absolute atomic E-state index is 9.72. The lowest BCUT2D eigenvalue weighted by Crippen LogP contribution is -2.30. The summed E-state index contributed by atoms with van der Waals surface area (Å²) in [5.41, 5.74) is 1.21. The highest BCUT2D eigenvalue weighted by Gasteiger charge is 2.24. The van der Waals surface area contributed by atoms with Gasteiger partial charge in [-0.1, -0.05) is 30.3 Å². The van der Waals surface area contributed by atoms with Crippen molar-refractivity contribution in [1.29, 1.82) is 0 Å². The van der Waals surface area contributed by atoms with Gasteiger partial charge in [0.05, 0.1) is 11.0 Å². The third-order valence-corrected chi connectivity index (χ3v) is 4.65. The van der Waals surface area contributed by atoms with E-state index in [-0.39, 0.29) is 6.10 Å². The van der Waals surface area contributed by atoms with Gasteiger partial charge < -0.3 is 15.7 Å². The summed E-state index contributed by atoms with van der Waals surface area (Å²) in [7, 11) is 0. The summed E-state index contributed by atoms with van der Waals surface area (Å²) < 4.78 is 0. The molecule has 0 bridgehead atoms. The van der Waals surface area contributed by atoms with Crippen LogP contribution in [0.25, 0.3) is 10.4 Å². The summed E-state index contributed by atoms with van der Waals surface area (Å²) in [5, 5.41) is 17.4. The van der Waals surface area contributed by atoms with E-state index >= 15 is 0 Å². The first-order valence-corrected chi connectivity index (χ1v) is 7.74. The minimum Gasteiger partial charge on any atom is -0.391 e. The summed E-state index contributed by atoms with van der Waals surface area (Å²) in [6.07, 6.45) is 1.71. The number of hydrogen-bond donors (Lipinski definition) is 3. The highest BCUT2D eigenvalue weighted by atomic mass is 32.1.